The van der Waals surface area contributed by atoms with Crippen LogP contribution in [0, 0.1) is 17.0 Å². The number of amides is 1. The lowest BCUT2D eigenvalue weighted by Gasteiger charge is -2.45. The number of carbonyl (C=O) groups excluding carboxylic acids is 3. The molecule has 1 spiro atoms. The van der Waals surface area contributed by atoms with Gasteiger partial charge in [-0.05, 0) is 60.8 Å². The molecule has 1 amide bonds. The third-order valence-electron chi connectivity index (χ3n) is 9.65. The molecule has 7 rings (SSSR count). The highest BCUT2D eigenvalue weighted by Gasteiger charge is 2.51. The molecule has 4 heterocycles. The van der Waals surface area contributed by atoms with Gasteiger partial charge in [0.1, 0.15) is 6.17 Å². The third-order valence-corrected chi connectivity index (χ3v) is 12.1. The largest absolute Gasteiger partial charge is 0.510 e. The maximum Gasteiger partial charge on any atom is 0.510 e. The zero-order valence-corrected chi connectivity index (χ0v) is 30.6. The van der Waals surface area contributed by atoms with E-state index in [1.807, 2.05) is 24.3 Å². The second kappa shape index (κ2) is 15.2. The Hall–Kier alpha value is -4.68. The highest BCUT2D eigenvalue weighted by Crippen LogP contribution is 2.54. The molecule has 2 aromatic carbocycles. The molecule has 2 fully saturated rings. The number of nitrogens with zero attached hydrogens (tertiary/aromatic N) is 2. The Kier molecular flexibility index (Phi) is 10.6. The first-order valence-electron chi connectivity index (χ1n) is 16.6. The molecular formula is C34H34F2N3O13PS. The summed E-state index contributed by atoms with van der Waals surface area (Å²) < 4.78 is 84.1. The summed E-state index contributed by atoms with van der Waals surface area (Å²) in [7, 11) is -2.74. The third kappa shape index (κ3) is 7.50. The maximum absolute atomic E-state index is 15.5. The minimum Gasteiger partial charge on any atom is -0.460 e. The summed E-state index contributed by atoms with van der Waals surface area (Å²) in [6.45, 7) is -2.62. The van der Waals surface area contributed by atoms with Gasteiger partial charge in [0, 0.05) is 34.4 Å². The molecule has 3 aromatic rings. The van der Waals surface area contributed by atoms with Crippen molar-refractivity contribution in [3.05, 3.63) is 80.6 Å². The van der Waals surface area contributed by atoms with Gasteiger partial charge in [0.25, 0.3) is 5.91 Å². The lowest BCUT2D eigenvalue weighted by molar-refractivity contribution is -0.0430. The molecule has 3 aliphatic heterocycles. The average Bonchev–Trinajstić information content (AvgIpc) is 3.95. The van der Waals surface area contributed by atoms with E-state index in [9.17, 15) is 23.7 Å². The van der Waals surface area contributed by atoms with Gasteiger partial charge >= 0.3 is 20.1 Å². The lowest BCUT2D eigenvalue weighted by Crippen LogP contribution is -2.58. The van der Waals surface area contributed by atoms with Gasteiger partial charge < -0.3 is 34.0 Å². The van der Waals surface area contributed by atoms with E-state index >= 15 is 8.78 Å². The van der Waals surface area contributed by atoms with E-state index in [-0.39, 0.29) is 40.1 Å². The number of methoxy groups -OCH3 is 2. The fourth-order valence-corrected chi connectivity index (χ4v) is 8.58. The van der Waals surface area contributed by atoms with Crippen LogP contribution in [0.3, 0.4) is 0 Å². The van der Waals surface area contributed by atoms with Crippen LogP contribution in [0.15, 0.2) is 46.1 Å². The highest BCUT2D eigenvalue weighted by atomic mass is 32.2. The van der Waals surface area contributed by atoms with Crippen LogP contribution in [-0.4, -0.2) is 75.1 Å². The normalized spacial score (nSPS) is 17.9. The number of pyridine rings is 1. The van der Waals surface area contributed by atoms with Gasteiger partial charge in [-0.25, -0.2) is 41.2 Å². The number of halogens is 2. The zero-order chi connectivity index (χ0) is 38.2. The summed E-state index contributed by atoms with van der Waals surface area (Å²) in [5.74, 6) is -3.08. The fraction of sp³-hybridized carbons (Fsp3) is 0.412. The Morgan fingerprint density at radius 2 is 1.65 bits per heavy atom. The van der Waals surface area contributed by atoms with Crippen molar-refractivity contribution in [2.24, 2.45) is 5.41 Å². The molecule has 4 aliphatic rings. The van der Waals surface area contributed by atoms with Crippen LogP contribution in [-0.2, 0) is 49.3 Å². The quantitative estimate of drug-likeness (QED) is 0.138. The van der Waals surface area contributed by atoms with Crippen molar-refractivity contribution in [2.75, 3.05) is 46.6 Å². The van der Waals surface area contributed by atoms with Gasteiger partial charge in [-0.15, -0.1) is 11.8 Å². The van der Waals surface area contributed by atoms with Crippen molar-refractivity contribution in [2.45, 2.75) is 48.9 Å². The number of thioether (sulfide) groups is 1. The summed E-state index contributed by atoms with van der Waals surface area (Å²) >= 11 is 1.37. The molecular weight excluding hydrogens is 759 g/mol. The monoisotopic (exact) mass is 793 g/mol. The molecule has 54 heavy (non-hydrogen) atoms. The first-order chi connectivity index (χ1) is 25.9. The Balaban J connectivity index is 1.26. The molecule has 20 heteroatoms. The molecule has 0 unspecified atom stereocenters. The van der Waals surface area contributed by atoms with Gasteiger partial charge in [0.15, 0.2) is 17.3 Å². The van der Waals surface area contributed by atoms with Gasteiger partial charge in [0.05, 0.1) is 19.9 Å². The van der Waals surface area contributed by atoms with Crippen molar-refractivity contribution >= 4 is 37.8 Å². The Morgan fingerprint density at radius 3 is 2.33 bits per heavy atom. The van der Waals surface area contributed by atoms with E-state index in [1.54, 1.807) is 4.90 Å². The van der Waals surface area contributed by atoms with Gasteiger partial charge in [0.2, 0.25) is 31.6 Å². The fourth-order valence-electron chi connectivity index (χ4n) is 6.71. The maximum atomic E-state index is 15.5. The van der Waals surface area contributed by atoms with Crippen LogP contribution < -0.4 is 15.6 Å². The molecule has 1 saturated heterocycles. The topological polar surface area (TPSA) is 179 Å². The number of phosphoric acid groups is 1. The molecule has 1 aromatic heterocycles. The second-order valence-corrected chi connectivity index (χ2v) is 15.5. The van der Waals surface area contributed by atoms with Gasteiger partial charge in [-0.3, -0.25) is 9.59 Å². The summed E-state index contributed by atoms with van der Waals surface area (Å²) in [5.41, 5.74) is 3.95. The molecule has 0 bridgehead atoms. The number of hydrogen-bond donors (Lipinski definition) is 1. The van der Waals surface area contributed by atoms with Crippen molar-refractivity contribution in [1.82, 2.24) is 9.58 Å². The lowest BCUT2D eigenvalue weighted by atomic mass is 9.91. The standard InChI is InChI=1S/C34H34F2N3O13PS/c1-45-32(42)48-17-51-53(44,52-18-49-33(43)46-2)50-16-47-30-25(40)13-24(39-29(30)31(41)38-15-34(9-10-34)8-7-27(38)37-39)21-12-23(35)28(36)22-14-54-26-6-4-3-5-19(26)11-20(21)22/h3-6,12-13,27,37H,7-11,14-18H2,1-2H3/t27-/m0/s1. The number of rotatable bonds is 11. The van der Waals surface area contributed by atoms with E-state index in [4.69, 9.17) is 18.3 Å². The Morgan fingerprint density at radius 1 is 0.963 bits per heavy atom. The molecule has 1 N–H and O–H groups in total. The molecule has 16 nitrogen and oxygen atoms in total. The smallest absolute Gasteiger partial charge is 0.460 e. The van der Waals surface area contributed by atoms with E-state index in [0.717, 1.165) is 56.1 Å². The van der Waals surface area contributed by atoms with Crippen LogP contribution >= 0.6 is 19.6 Å². The van der Waals surface area contributed by atoms with Crippen LogP contribution in [0.1, 0.15) is 52.9 Å². The van der Waals surface area contributed by atoms with Crippen molar-refractivity contribution < 1.29 is 65.0 Å². The minimum absolute atomic E-state index is 0.0274. The number of fused-ring (bicyclic) bond motifs is 4. The number of piperidine rings is 1. The van der Waals surface area contributed by atoms with Crippen LogP contribution in [0.5, 0.6) is 5.75 Å². The number of phosphoric ester groups is 1. The van der Waals surface area contributed by atoms with E-state index in [2.05, 4.69) is 24.4 Å². The van der Waals surface area contributed by atoms with Crippen LogP contribution in [0.4, 0.5) is 18.4 Å². The zero-order valence-electron chi connectivity index (χ0n) is 28.9. The Bertz CT molecular complexity index is 2090. The number of aromatic nitrogens is 1. The van der Waals surface area contributed by atoms with E-state index < -0.39 is 75.4 Å². The minimum atomic E-state index is -4.78. The van der Waals surface area contributed by atoms with Gasteiger partial charge in [-0.1, -0.05) is 18.2 Å². The number of nitrogens with one attached hydrogen (secondary N) is 1. The summed E-state index contributed by atoms with van der Waals surface area (Å²) in [5, 5.41) is 0. The summed E-state index contributed by atoms with van der Waals surface area (Å²) in [6.07, 6.45) is 0.689. The average molecular weight is 794 g/mol. The molecule has 1 aliphatic carbocycles. The van der Waals surface area contributed by atoms with E-state index in [0.29, 0.717) is 18.5 Å². The van der Waals surface area contributed by atoms with Crippen LogP contribution in [0.2, 0.25) is 0 Å². The first-order valence-corrected chi connectivity index (χ1v) is 19.1. The highest BCUT2D eigenvalue weighted by molar-refractivity contribution is 7.98. The summed E-state index contributed by atoms with van der Waals surface area (Å²) in [4.78, 5) is 53.7. The molecule has 1 atom stereocenters. The first kappa shape index (κ1) is 37.6. The Labute approximate surface area is 310 Å². The summed E-state index contributed by atoms with van der Waals surface area (Å²) in [6, 6.07) is 9.66. The number of ether oxygens (including phenoxy) is 5. The van der Waals surface area contributed by atoms with Crippen molar-refractivity contribution in [3.63, 3.8) is 0 Å². The second-order valence-electron chi connectivity index (χ2n) is 12.8. The predicted octanol–water partition coefficient (Wildman–Crippen LogP) is 5.86. The van der Waals surface area contributed by atoms with Crippen molar-refractivity contribution in [3.8, 4) is 17.0 Å². The van der Waals surface area contributed by atoms with E-state index in [1.165, 1.54) is 16.4 Å². The molecule has 1 saturated carbocycles. The number of benzene rings is 2. The SMILES string of the molecule is COC(=O)OCOP(=O)(OCOC(=O)OC)OCOc1c2n(c(-c3cc(F)c(F)c4c3Cc3ccccc3SC4)cc1=O)N[C@@H]1CCC3(CC3)CN1C2=O. The predicted molar refractivity (Wildman–Crippen MR) is 183 cm³/mol. The van der Waals surface area contributed by atoms with Crippen molar-refractivity contribution in [1.29, 1.82) is 0 Å². The number of carbonyl (C=O) groups is 3. The molecule has 0 radical (unpaired) electrons. The van der Waals surface area contributed by atoms with Crippen LogP contribution in [0.25, 0.3) is 11.3 Å². The van der Waals surface area contributed by atoms with Gasteiger partial charge in [-0.2, -0.15) is 0 Å². The number of hydrogen-bond acceptors (Lipinski definition) is 15. The molecule has 288 valence electrons.